The van der Waals surface area contributed by atoms with Crippen LogP contribution in [0, 0.1) is 12.7 Å². The van der Waals surface area contributed by atoms with Crippen LogP contribution in [0.4, 0.5) is 4.39 Å². The van der Waals surface area contributed by atoms with Gasteiger partial charge in [-0.05, 0) is 25.1 Å². The maximum Gasteiger partial charge on any atom is 0.264 e. The van der Waals surface area contributed by atoms with Crippen molar-refractivity contribution in [2.75, 3.05) is 0 Å². The Bertz CT molecular complexity index is 669. The van der Waals surface area contributed by atoms with E-state index in [0.29, 0.717) is 5.82 Å². The van der Waals surface area contributed by atoms with E-state index < -0.39 is 19.8 Å². The van der Waals surface area contributed by atoms with E-state index >= 15 is 0 Å². The van der Waals surface area contributed by atoms with E-state index in [1.807, 2.05) is 0 Å². The summed E-state index contributed by atoms with van der Waals surface area (Å²) in [4.78, 5) is 3.28. The molecule has 0 bridgehead atoms. The lowest BCUT2D eigenvalue weighted by Crippen LogP contribution is -1.96. The Hall–Kier alpha value is -1.47. The number of aromatic nitrogens is 2. The van der Waals surface area contributed by atoms with Gasteiger partial charge >= 0.3 is 0 Å². The molecule has 0 amide bonds. The van der Waals surface area contributed by atoms with Crippen LogP contribution in [-0.2, 0) is 9.05 Å². The van der Waals surface area contributed by atoms with Crippen LogP contribution in [0.2, 0.25) is 0 Å². The van der Waals surface area contributed by atoms with Crippen molar-refractivity contribution in [2.45, 2.75) is 11.8 Å². The number of hydrogen-bond acceptors (Lipinski definition) is 5. The van der Waals surface area contributed by atoms with E-state index in [0.717, 1.165) is 12.1 Å². The fourth-order valence-corrected chi connectivity index (χ4v) is 2.16. The number of aryl methyl sites for hydroxylation is 1. The molecule has 1 aromatic heterocycles. The van der Waals surface area contributed by atoms with Crippen molar-refractivity contribution in [3.05, 3.63) is 29.8 Å². The minimum atomic E-state index is -4.15. The average Bonchev–Trinajstić information content (AvgIpc) is 2.64. The first-order chi connectivity index (χ1) is 7.88. The first kappa shape index (κ1) is 12.0. The van der Waals surface area contributed by atoms with E-state index in [-0.39, 0.29) is 11.5 Å². The van der Waals surface area contributed by atoms with Crippen molar-refractivity contribution in [1.29, 1.82) is 0 Å². The minimum Gasteiger partial charge on any atom is -0.334 e. The minimum absolute atomic E-state index is 0.101. The van der Waals surface area contributed by atoms with Crippen molar-refractivity contribution in [3.63, 3.8) is 0 Å². The highest BCUT2D eigenvalue weighted by Crippen LogP contribution is 2.25. The van der Waals surface area contributed by atoms with Gasteiger partial charge in [0, 0.05) is 16.2 Å². The van der Waals surface area contributed by atoms with E-state index in [4.69, 9.17) is 15.2 Å². The third-order valence-electron chi connectivity index (χ3n) is 1.97. The highest BCUT2D eigenvalue weighted by atomic mass is 35.7. The molecule has 0 fully saturated rings. The summed E-state index contributed by atoms with van der Waals surface area (Å²) in [6.45, 7) is 1.61. The molecule has 0 aliphatic rings. The van der Waals surface area contributed by atoms with Crippen LogP contribution < -0.4 is 0 Å². The number of rotatable bonds is 2. The molecule has 0 atom stereocenters. The van der Waals surface area contributed by atoms with Gasteiger partial charge in [0.2, 0.25) is 0 Å². The molecule has 5 nitrogen and oxygen atoms in total. The van der Waals surface area contributed by atoms with Gasteiger partial charge in [-0.3, -0.25) is 0 Å². The standard InChI is InChI=1S/C9H6ClFN2O3S/c1-5-12-9(16-13-5)6-2-3-7(11)8(4-6)17(10,14)15/h2-4H,1H3. The van der Waals surface area contributed by atoms with Crippen LogP contribution in [0.25, 0.3) is 11.5 Å². The molecule has 2 aromatic rings. The van der Waals surface area contributed by atoms with Gasteiger partial charge in [-0.25, -0.2) is 12.8 Å². The maximum atomic E-state index is 13.3. The van der Waals surface area contributed by atoms with Crippen LogP contribution in [0.5, 0.6) is 0 Å². The van der Waals surface area contributed by atoms with Gasteiger partial charge in [0.15, 0.2) is 5.82 Å². The first-order valence-corrected chi connectivity index (χ1v) is 6.74. The Kier molecular flexibility index (Phi) is 2.88. The summed E-state index contributed by atoms with van der Waals surface area (Å²) in [5.74, 6) is -0.441. The second-order valence-corrected chi connectivity index (χ2v) is 5.76. The zero-order chi connectivity index (χ0) is 12.6. The van der Waals surface area contributed by atoms with Crippen molar-refractivity contribution >= 4 is 19.7 Å². The van der Waals surface area contributed by atoms with Crippen molar-refractivity contribution in [3.8, 4) is 11.5 Å². The molecule has 0 aliphatic heterocycles. The van der Waals surface area contributed by atoms with Crippen molar-refractivity contribution in [1.82, 2.24) is 10.1 Å². The Balaban J connectivity index is 2.59. The fraction of sp³-hybridized carbons (Fsp3) is 0.111. The Labute approximate surface area is 101 Å². The van der Waals surface area contributed by atoms with E-state index in [1.54, 1.807) is 6.92 Å². The first-order valence-electron chi connectivity index (χ1n) is 4.43. The smallest absolute Gasteiger partial charge is 0.264 e. The van der Waals surface area contributed by atoms with Gasteiger partial charge in [-0.2, -0.15) is 4.98 Å². The predicted molar refractivity (Wildman–Crippen MR) is 57.5 cm³/mol. The summed E-state index contributed by atoms with van der Waals surface area (Å²) in [6.07, 6.45) is 0. The van der Waals surface area contributed by atoms with E-state index in [2.05, 4.69) is 10.1 Å². The zero-order valence-corrected chi connectivity index (χ0v) is 10.1. The lowest BCUT2D eigenvalue weighted by Gasteiger charge is -2.00. The predicted octanol–water partition coefficient (Wildman–Crippen LogP) is 2.11. The van der Waals surface area contributed by atoms with Gasteiger partial charge < -0.3 is 4.52 Å². The fourth-order valence-electron chi connectivity index (χ4n) is 1.24. The Morgan fingerprint density at radius 3 is 2.65 bits per heavy atom. The molecule has 0 unspecified atom stereocenters. The van der Waals surface area contributed by atoms with Crippen LogP contribution in [0.3, 0.4) is 0 Å². The summed E-state index contributed by atoms with van der Waals surface area (Å²) in [7, 11) is 0.944. The lowest BCUT2D eigenvalue weighted by atomic mass is 10.2. The van der Waals surface area contributed by atoms with Crippen LogP contribution in [-0.4, -0.2) is 18.6 Å². The highest BCUT2D eigenvalue weighted by molar-refractivity contribution is 8.13. The molecule has 0 N–H and O–H groups in total. The quantitative estimate of drug-likeness (QED) is 0.786. The SMILES string of the molecule is Cc1noc(-c2ccc(F)c(S(=O)(=O)Cl)c2)n1. The molecule has 0 aliphatic carbocycles. The molecule has 0 spiro atoms. The van der Waals surface area contributed by atoms with Gasteiger partial charge in [-0.1, -0.05) is 5.16 Å². The van der Waals surface area contributed by atoms with Crippen LogP contribution in [0.15, 0.2) is 27.6 Å². The molecule has 0 saturated heterocycles. The molecule has 17 heavy (non-hydrogen) atoms. The lowest BCUT2D eigenvalue weighted by molar-refractivity contribution is 0.425. The molecular weight excluding hydrogens is 271 g/mol. The summed E-state index contributed by atoms with van der Waals surface area (Å²) < 4.78 is 40.3. The summed E-state index contributed by atoms with van der Waals surface area (Å²) in [5.41, 5.74) is 0.284. The highest BCUT2D eigenvalue weighted by Gasteiger charge is 2.18. The second-order valence-electron chi connectivity index (χ2n) is 3.23. The third kappa shape index (κ3) is 2.45. The molecule has 0 radical (unpaired) electrons. The average molecular weight is 277 g/mol. The Morgan fingerprint density at radius 1 is 1.41 bits per heavy atom. The monoisotopic (exact) mass is 276 g/mol. The van der Waals surface area contributed by atoms with Gasteiger partial charge in [-0.15, -0.1) is 0 Å². The molecule has 1 heterocycles. The molecule has 90 valence electrons. The summed E-state index contributed by atoms with van der Waals surface area (Å²) in [5, 5.41) is 3.54. The number of benzene rings is 1. The van der Waals surface area contributed by atoms with Gasteiger partial charge in [0.05, 0.1) is 0 Å². The molecule has 1 aromatic carbocycles. The summed E-state index contributed by atoms with van der Waals surface area (Å²) >= 11 is 0. The normalized spacial score (nSPS) is 11.7. The molecule has 0 saturated carbocycles. The van der Waals surface area contributed by atoms with Gasteiger partial charge in [0.1, 0.15) is 10.7 Å². The zero-order valence-electron chi connectivity index (χ0n) is 8.52. The van der Waals surface area contributed by atoms with Crippen molar-refractivity contribution in [2.24, 2.45) is 0 Å². The summed E-state index contributed by atoms with van der Waals surface area (Å²) in [6, 6.07) is 3.35. The second kappa shape index (κ2) is 4.08. The number of hydrogen-bond donors (Lipinski definition) is 0. The third-order valence-corrected chi connectivity index (χ3v) is 3.31. The van der Waals surface area contributed by atoms with Crippen LogP contribution in [0.1, 0.15) is 5.82 Å². The van der Waals surface area contributed by atoms with E-state index in [1.165, 1.54) is 6.07 Å². The number of halogens is 2. The van der Waals surface area contributed by atoms with Crippen LogP contribution >= 0.6 is 10.7 Å². The largest absolute Gasteiger partial charge is 0.334 e. The maximum absolute atomic E-state index is 13.3. The molecule has 8 heteroatoms. The number of nitrogens with zero attached hydrogens (tertiary/aromatic N) is 2. The van der Waals surface area contributed by atoms with E-state index in [9.17, 15) is 12.8 Å². The molecule has 2 rings (SSSR count). The van der Waals surface area contributed by atoms with Crippen molar-refractivity contribution < 1.29 is 17.3 Å². The van der Waals surface area contributed by atoms with Gasteiger partial charge in [0.25, 0.3) is 14.9 Å². The topological polar surface area (TPSA) is 73.1 Å². The molecular formula is C9H6ClFN2O3S. The Morgan fingerprint density at radius 2 is 2.12 bits per heavy atom.